The molecule has 2 saturated heterocycles. The molecule has 7 nitrogen and oxygen atoms in total. The van der Waals surface area contributed by atoms with E-state index in [1.807, 2.05) is 12.1 Å². The molecule has 7 rings (SSSR count). The Labute approximate surface area is 254 Å². The van der Waals surface area contributed by atoms with Crippen molar-refractivity contribution in [1.29, 1.82) is 0 Å². The summed E-state index contributed by atoms with van der Waals surface area (Å²) in [7, 11) is 2.24. The molecule has 4 heterocycles. The summed E-state index contributed by atoms with van der Waals surface area (Å²) in [5, 5.41) is 2.85. The lowest BCUT2D eigenvalue weighted by Gasteiger charge is -2.42. The van der Waals surface area contributed by atoms with Crippen LogP contribution in [0.5, 0.6) is 0 Å². The van der Waals surface area contributed by atoms with E-state index in [9.17, 15) is 0 Å². The van der Waals surface area contributed by atoms with Gasteiger partial charge in [0.1, 0.15) is 5.65 Å². The Hall–Kier alpha value is -3.56. The summed E-state index contributed by atoms with van der Waals surface area (Å²) in [5.41, 5.74) is 6.80. The van der Waals surface area contributed by atoms with Gasteiger partial charge in [-0.2, -0.15) is 8.42 Å². The number of para-hydroxylation sites is 1. The Morgan fingerprint density at radius 3 is 2.14 bits per heavy atom. The molecule has 0 radical (unpaired) electrons. The van der Waals surface area contributed by atoms with Crippen LogP contribution in [0.4, 0.5) is 5.69 Å². The largest absolute Gasteiger partial charge is 0.369 e. The number of hydrogen-bond donors (Lipinski definition) is 0. The Morgan fingerprint density at radius 2 is 1.45 bits per heavy atom. The summed E-state index contributed by atoms with van der Waals surface area (Å²) in [6, 6.07) is 28.8. The third-order valence-electron chi connectivity index (χ3n) is 8.70. The van der Waals surface area contributed by atoms with Crippen LogP contribution in [-0.4, -0.2) is 80.1 Å². The van der Waals surface area contributed by atoms with Gasteiger partial charge in [-0.05, 0) is 86.6 Å². The Kier molecular flexibility index (Phi) is 8.67. The number of aromatic nitrogens is 2. The standard InChI is InChI=1S/C33H34ClN5.O2S/c1-36-17-14-27(15-18-36)38-21-19-37(20-22-38)26-10-7-24(8-11-26)25-9-12-31-29(23-25)32-30(34)13-16-35-33(32)39(31)28-5-3-2-4-6-28;1-3-2/h2-13,16,23,27H,14-15,17-22H2,1H3;. The highest BCUT2D eigenvalue weighted by Gasteiger charge is 2.26. The summed E-state index contributed by atoms with van der Waals surface area (Å²) >= 11 is 5.99. The molecule has 0 saturated carbocycles. The van der Waals surface area contributed by atoms with Gasteiger partial charge in [0.25, 0.3) is 0 Å². The van der Waals surface area contributed by atoms with E-state index < -0.39 is 11.6 Å². The van der Waals surface area contributed by atoms with E-state index in [2.05, 4.69) is 93.0 Å². The average Bonchev–Trinajstić information content (AvgIpc) is 3.37. The van der Waals surface area contributed by atoms with Gasteiger partial charge in [-0.25, -0.2) is 4.98 Å². The molecule has 0 N–H and O–H groups in total. The average molecular weight is 600 g/mol. The highest BCUT2D eigenvalue weighted by atomic mass is 35.5. The van der Waals surface area contributed by atoms with Crippen LogP contribution in [0.25, 0.3) is 38.8 Å². The molecule has 0 bridgehead atoms. The summed E-state index contributed by atoms with van der Waals surface area (Å²) in [4.78, 5) is 12.4. The first-order valence-electron chi connectivity index (χ1n) is 14.4. The minimum Gasteiger partial charge on any atom is -0.369 e. The summed E-state index contributed by atoms with van der Waals surface area (Å²) in [6.45, 7) is 6.98. The minimum atomic E-state index is -0.750. The number of hydrogen-bond acceptors (Lipinski definition) is 6. The van der Waals surface area contributed by atoms with E-state index in [4.69, 9.17) is 25.0 Å². The lowest BCUT2D eigenvalue weighted by molar-refractivity contribution is 0.115. The summed E-state index contributed by atoms with van der Waals surface area (Å²) in [5.74, 6) is 0. The molecule has 216 valence electrons. The molecule has 2 aliphatic heterocycles. The van der Waals surface area contributed by atoms with Crippen LogP contribution in [0.3, 0.4) is 0 Å². The molecule has 0 aliphatic carbocycles. The van der Waals surface area contributed by atoms with Gasteiger partial charge in [-0.15, -0.1) is 0 Å². The fraction of sp³-hybridized carbons (Fsp3) is 0.303. The topological polar surface area (TPSA) is 61.7 Å². The first kappa shape index (κ1) is 28.6. The van der Waals surface area contributed by atoms with Crippen molar-refractivity contribution in [2.45, 2.75) is 18.9 Å². The quantitative estimate of drug-likeness (QED) is 0.251. The number of piperidine rings is 1. The third kappa shape index (κ3) is 5.72. The number of nitrogens with zero attached hydrogens (tertiary/aromatic N) is 5. The molecule has 0 amide bonds. The van der Waals surface area contributed by atoms with Crippen molar-refractivity contribution < 1.29 is 8.42 Å². The van der Waals surface area contributed by atoms with E-state index in [1.54, 1.807) is 6.20 Å². The van der Waals surface area contributed by atoms with Gasteiger partial charge >= 0.3 is 11.6 Å². The minimum absolute atomic E-state index is 0.728. The van der Waals surface area contributed by atoms with Gasteiger partial charge < -0.3 is 9.80 Å². The van der Waals surface area contributed by atoms with Crippen LogP contribution in [0.2, 0.25) is 5.02 Å². The van der Waals surface area contributed by atoms with Crippen molar-refractivity contribution in [3.8, 4) is 16.8 Å². The van der Waals surface area contributed by atoms with Gasteiger partial charge in [0.05, 0.1) is 10.5 Å². The number of anilines is 1. The smallest absolute Gasteiger partial charge is 0.335 e. The molecule has 5 aromatic rings. The van der Waals surface area contributed by atoms with Crippen molar-refractivity contribution in [2.24, 2.45) is 0 Å². The van der Waals surface area contributed by atoms with Gasteiger partial charge in [-0.1, -0.05) is 48.0 Å². The number of likely N-dealkylation sites (tertiary alicyclic amines) is 1. The maximum atomic E-state index is 8.29. The zero-order valence-electron chi connectivity index (χ0n) is 23.7. The highest BCUT2D eigenvalue weighted by molar-refractivity contribution is 7.51. The van der Waals surface area contributed by atoms with Gasteiger partial charge in [0.2, 0.25) is 0 Å². The maximum absolute atomic E-state index is 8.29. The summed E-state index contributed by atoms with van der Waals surface area (Å²) in [6.07, 6.45) is 4.40. The monoisotopic (exact) mass is 599 g/mol. The number of piperazine rings is 1. The van der Waals surface area contributed by atoms with Crippen LogP contribution in [-0.2, 0) is 11.6 Å². The van der Waals surface area contributed by atoms with Crippen LogP contribution in [0.1, 0.15) is 12.8 Å². The van der Waals surface area contributed by atoms with E-state index >= 15 is 0 Å². The number of benzene rings is 3. The maximum Gasteiger partial charge on any atom is 0.335 e. The lowest BCUT2D eigenvalue weighted by atomic mass is 10.0. The lowest BCUT2D eigenvalue weighted by Crippen LogP contribution is -2.52. The molecule has 0 spiro atoms. The Bertz CT molecular complexity index is 1700. The molecule has 0 atom stereocenters. The van der Waals surface area contributed by atoms with Crippen LogP contribution in [0.15, 0.2) is 85.1 Å². The number of rotatable bonds is 4. The highest BCUT2D eigenvalue weighted by Crippen LogP contribution is 2.37. The van der Waals surface area contributed by atoms with Crippen molar-refractivity contribution in [2.75, 3.05) is 51.2 Å². The molecule has 9 heteroatoms. The van der Waals surface area contributed by atoms with E-state index in [1.165, 1.54) is 42.7 Å². The number of pyridine rings is 1. The van der Waals surface area contributed by atoms with E-state index in [0.29, 0.717) is 0 Å². The van der Waals surface area contributed by atoms with Crippen LogP contribution >= 0.6 is 11.6 Å². The fourth-order valence-electron chi connectivity index (χ4n) is 6.48. The predicted molar refractivity (Wildman–Crippen MR) is 172 cm³/mol. The molecule has 3 aromatic carbocycles. The van der Waals surface area contributed by atoms with Crippen molar-refractivity contribution in [3.05, 3.63) is 90.1 Å². The van der Waals surface area contributed by atoms with E-state index in [-0.39, 0.29) is 0 Å². The predicted octanol–water partition coefficient (Wildman–Crippen LogP) is 6.05. The molecular weight excluding hydrogens is 566 g/mol. The fourth-order valence-corrected chi connectivity index (χ4v) is 6.72. The second-order valence-corrected chi connectivity index (χ2v) is 11.6. The molecular formula is C33H34ClN5O2S. The molecule has 2 aromatic heterocycles. The van der Waals surface area contributed by atoms with Gasteiger partial charge in [0.15, 0.2) is 0 Å². The molecule has 2 fully saturated rings. The first-order chi connectivity index (χ1) is 20.6. The van der Waals surface area contributed by atoms with E-state index in [0.717, 1.165) is 64.9 Å². The molecule has 2 aliphatic rings. The molecule has 42 heavy (non-hydrogen) atoms. The zero-order valence-corrected chi connectivity index (χ0v) is 25.2. The Balaban J connectivity index is 0.00000101. The van der Waals surface area contributed by atoms with Crippen molar-refractivity contribution in [1.82, 2.24) is 19.4 Å². The third-order valence-corrected chi connectivity index (χ3v) is 9.01. The van der Waals surface area contributed by atoms with Crippen LogP contribution in [0, 0.1) is 0 Å². The second-order valence-electron chi connectivity index (χ2n) is 11.1. The normalized spacial score (nSPS) is 16.9. The van der Waals surface area contributed by atoms with Gasteiger partial charge in [0, 0.05) is 60.6 Å². The van der Waals surface area contributed by atoms with Crippen LogP contribution < -0.4 is 4.90 Å². The number of fused-ring (bicyclic) bond motifs is 3. The van der Waals surface area contributed by atoms with Gasteiger partial charge in [-0.3, -0.25) is 9.47 Å². The Morgan fingerprint density at radius 1 is 0.786 bits per heavy atom. The summed E-state index contributed by atoms with van der Waals surface area (Å²) < 4.78 is 18.8. The second kappa shape index (κ2) is 12.8. The SMILES string of the molecule is CN1CCC(N2CCN(c3ccc(-c4ccc5c(c4)c4c(Cl)ccnc4n5-c4ccccc4)cc3)CC2)CC1.O=S=O. The molecule has 0 unspecified atom stereocenters. The van der Waals surface area contributed by atoms with Crippen molar-refractivity contribution >= 4 is 50.8 Å². The zero-order chi connectivity index (χ0) is 29.1. The number of halogens is 1. The first-order valence-corrected chi connectivity index (χ1v) is 15.5. The van der Waals surface area contributed by atoms with Crippen molar-refractivity contribution in [3.63, 3.8) is 0 Å².